The molecule has 1 saturated heterocycles. The van der Waals surface area contributed by atoms with Crippen LogP contribution in [0.25, 0.3) is 0 Å². The number of likely N-dealkylation sites (tertiary alicyclic amines) is 1. The molecule has 0 saturated carbocycles. The fourth-order valence-electron chi connectivity index (χ4n) is 3.08. The molecule has 2 nitrogen and oxygen atoms in total. The van der Waals surface area contributed by atoms with E-state index >= 15 is 0 Å². The first-order valence-corrected chi connectivity index (χ1v) is 7.34. The summed E-state index contributed by atoms with van der Waals surface area (Å²) in [5, 5.41) is 0.876. The van der Waals surface area contributed by atoms with Gasteiger partial charge in [0.1, 0.15) is 0 Å². The summed E-state index contributed by atoms with van der Waals surface area (Å²) in [4.78, 5) is 2.53. The van der Waals surface area contributed by atoms with Gasteiger partial charge in [-0.3, -0.25) is 4.90 Å². The predicted octanol–water partition coefficient (Wildman–Crippen LogP) is 3.46. The van der Waals surface area contributed by atoms with E-state index in [0.29, 0.717) is 12.0 Å². The van der Waals surface area contributed by atoms with Crippen LogP contribution in [-0.4, -0.2) is 24.5 Å². The molecule has 0 aromatic heterocycles. The van der Waals surface area contributed by atoms with Gasteiger partial charge < -0.3 is 5.73 Å². The number of nitrogens with two attached hydrogens (primary N) is 1. The average Bonchev–Trinajstić information content (AvgIpc) is 2.60. The van der Waals surface area contributed by atoms with Crippen molar-refractivity contribution in [2.75, 3.05) is 19.6 Å². The van der Waals surface area contributed by atoms with E-state index in [1.165, 1.54) is 24.8 Å². The summed E-state index contributed by atoms with van der Waals surface area (Å²) in [6, 6.07) is 8.60. The largest absolute Gasteiger partial charge is 0.330 e. The van der Waals surface area contributed by atoms with Gasteiger partial charge in [-0.15, -0.1) is 0 Å². The topological polar surface area (TPSA) is 29.3 Å². The van der Waals surface area contributed by atoms with Gasteiger partial charge in [0.25, 0.3) is 0 Å². The van der Waals surface area contributed by atoms with Crippen molar-refractivity contribution in [1.29, 1.82) is 0 Å². The van der Waals surface area contributed by atoms with Crippen molar-refractivity contribution < 1.29 is 0 Å². The third-order valence-corrected chi connectivity index (χ3v) is 4.39. The normalized spacial score (nSPS) is 25.9. The Bertz CT molecular complexity index is 367. The Morgan fingerprint density at radius 1 is 1.33 bits per heavy atom. The van der Waals surface area contributed by atoms with Crippen LogP contribution in [-0.2, 0) is 0 Å². The van der Waals surface area contributed by atoms with Crippen LogP contribution in [0.2, 0.25) is 5.02 Å². The average molecular weight is 267 g/mol. The lowest BCUT2D eigenvalue weighted by atomic mass is 9.89. The molecule has 1 fully saturated rings. The predicted molar refractivity (Wildman–Crippen MR) is 77.8 cm³/mol. The fraction of sp³-hybridized carbons (Fsp3) is 0.600. The summed E-state index contributed by atoms with van der Waals surface area (Å²) in [5.41, 5.74) is 7.25. The van der Waals surface area contributed by atoms with E-state index in [9.17, 15) is 0 Å². The number of hydrogen-bond acceptors (Lipinski definition) is 2. The maximum atomic E-state index is 6.39. The number of nitrogens with zero attached hydrogens (tertiary/aromatic N) is 1. The summed E-state index contributed by atoms with van der Waals surface area (Å²) in [6.45, 7) is 5.18. The van der Waals surface area contributed by atoms with Crippen molar-refractivity contribution in [3.63, 3.8) is 0 Å². The molecule has 18 heavy (non-hydrogen) atoms. The van der Waals surface area contributed by atoms with Crippen molar-refractivity contribution in [2.24, 2.45) is 11.7 Å². The van der Waals surface area contributed by atoms with Gasteiger partial charge in [0, 0.05) is 11.1 Å². The molecule has 2 rings (SSSR count). The zero-order valence-corrected chi connectivity index (χ0v) is 11.9. The van der Waals surface area contributed by atoms with Crippen LogP contribution in [0, 0.1) is 5.92 Å². The second-order valence-corrected chi connectivity index (χ2v) is 5.49. The highest BCUT2D eigenvalue weighted by Gasteiger charge is 2.30. The monoisotopic (exact) mass is 266 g/mol. The highest BCUT2D eigenvalue weighted by Crippen LogP contribution is 2.37. The minimum atomic E-state index is 0.385. The number of rotatable bonds is 3. The van der Waals surface area contributed by atoms with Crippen molar-refractivity contribution in [1.82, 2.24) is 4.90 Å². The lowest BCUT2D eigenvalue weighted by Gasteiger charge is -2.34. The van der Waals surface area contributed by atoms with Crippen molar-refractivity contribution >= 4 is 11.6 Å². The van der Waals surface area contributed by atoms with E-state index < -0.39 is 0 Å². The molecule has 0 bridgehead atoms. The van der Waals surface area contributed by atoms with Gasteiger partial charge in [0.2, 0.25) is 0 Å². The van der Waals surface area contributed by atoms with Crippen molar-refractivity contribution in [2.45, 2.75) is 32.2 Å². The second-order valence-electron chi connectivity index (χ2n) is 5.09. The van der Waals surface area contributed by atoms with Gasteiger partial charge in [0.15, 0.2) is 0 Å². The number of benzene rings is 1. The molecule has 1 heterocycles. The minimum absolute atomic E-state index is 0.385. The van der Waals surface area contributed by atoms with Gasteiger partial charge in [-0.2, -0.15) is 0 Å². The van der Waals surface area contributed by atoms with E-state index in [4.69, 9.17) is 17.3 Å². The molecule has 1 aliphatic rings. The van der Waals surface area contributed by atoms with Crippen molar-refractivity contribution in [3.8, 4) is 0 Å². The minimum Gasteiger partial charge on any atom is -0.330 e. The van der Waals surface area contributed by atoms with Gasteiger partial charge >= 0.3 is 0 Å². The Kier molecular flexibility index (Phi) is 5.04. The molecule has 1 aromatic rings. The second kappa shape index (κ2) is 6.55. The molecule has 0 spiro atoms. The molecule has 2 N–H and O–H groups in total. The highest BCUT2D eigenvalue weighted by atomic mass is 35.5. The molecule has 100 valence electrons. The third kappa shape index (κ3) is 2.87. The standard InChI is InChI=1S/C15H23ClN2/c1-2-18-10-6-5-7-12(11-17)15(18)13-8-3-4-9-14(13)16/h3-4,8-9,12,15H,2,5-7,10-11,17H2,1H3. The van der Waals surface area contributed by atoms with Crippen LogP contribution >= 0.6 is 11.6 Å². The third-order valence-electron chi connectivity index (χ3n) is 4.04. The van der Waals surface area contributed by atoms with Gasteiger partial charge in [0.05, 0.1) is 0 Å². The Labute approximate surface area is 115 Å². The molecule has 0 radical (unpaired) electrons. The van der Waals surface area contributed by atoms with Crippen LogP contribution in [0.4, 0.5) is 0 Å². The smallest absolute Gasteiger partial charge is 0.0453 e. The molecule has 3 heteroatoms. The highest BCUT2D eigenvalue weighted by molar-refractivity contribution is 6.31. The van der Waals surface area contributed by atoms with E-state index in [2.05, 4.69) is 24.0 Å². The van der Waals surface area contributed by atoms with Gasteiger partial charge in [-0.05, 0) is 50.0 Å². The first-order valence-electron chi connectivity index (χ1n) is 6.96. The maximum absolute atomic E-state index is 6.39. The SMILES string of the molecule is CCN1CCCCC(CN)C1c1ccccc1Cl. The van der Waals surface area contributed by atoms with E-state index in [1.54, 1.807) is 0 Å². The quantitative estimate of drug-likeness (QED) is 0.908. The van der Waals surface area contributed by atoms with Gasteiger partial charge in [-0.1, -0.05) is 43.1 Å². The molecule has 2 atom stereocenters. The number of hydrogen-bond donors (Lipinski definition) is 1. The summed E-state index contributed by atoms with van der Waals surface area (Å²) in [6.07, 6.45) is 3.76. The molecule has 0 aliphatic carbocycles. The van der Waals surface area contributed by atoms with E-state index in [-0.39, 0.29) is 0 Å². The summed E-state index contributed by atoms with van der Waals surface area (Å²) in [7, 11) is 0. The Hall–Kier alpha value is -0.570. The molecular weight excluding hydrogens is 244 g/mol. The first-order chi connectivity index (χ1) is 8.77. The molecule has 1 aromatic carbocycles. The Morgan fingerprint density at radius 2 is 2.11 bits per heavy atom. The van der Waals surface area contributed by atoms with Crippen LogP contribution in [0.1, 0.15) is 37.8 Å². The molecule has 1 aliphatic heterocycles. The van der Waals surface area contributed by atoms with E-state index in [1.807, 2.05) is 12.1 Å². The van der Waals surface area contributed by atoms with Crippen LogP contribution in [0.5, 0.6) is 0 Å². The zero-order chi connectivity index (χ0) is 13.0. The fourth-order valence-corrected chi connectivity index (χ4v) is 3.33. The summed E-state index contributed by atoms with van der Waals surface area (Å²) >= 11 is 6.39. The first kappa shape index (κ1) is 13.9. The van der Waals surface area contributed by atoms with E-state index in [0.717, 1.165) is 24.7 Å². The van der Waals surface area contributed by atoms with Crippen LogP contribution in [0.3, 0.4) is 0 Å². The Balaban J connectivity index is 2.36. The molecule has 2 unspecified atom stereocenters. The van der Waals surface area contributed by atoms with Crippen LogP contribution < -0.4 is 5.73 Å². The lowest BCUT2D eigenvalue weighted by Crippen LogP contribution is -2.35. The lowest BCUT2D eigenvalue weighted by molar-refractivity contribution is 0.166. The maximum Gasteiger partial charge on any atom is 0.0453 e. The summed E-state index contributed by atoms with van der Waals surface area (Å²) in [5.74, 6) is 0.521. The van der Waals surface area contributed by atoms with Crippen molar-refractivity contribution in [3.05, 3.63) is 34.9 Å². The Morgan fingerprint density at radius 3 is 2.78 bits per heavy atom. The molecule has 0 amide bonds. The number of halogens is 1. The molecular formula is C15H23ClN2. The zero-order valence-electron chi connectivity index (χ0n) is 11.1. The summed E-state index contributed by atoms with van der Waals surface area (Å²) < 4.78 is 0. The van der Waals surface area contributed by atoms with Crippen LogP contribution in [0.15, 0.2) is 24.3 Å². The van der Waals surface area contributed by atoms with Gasteiger partial charge in [-0.25, -0.2) is 0 Å².